The molecule has 3 fully saturated rings. The number of hydrogen-bond acceptors (Lipinski definition) is 3. The van der Waals surface area contributed by atoms with Crippen molar-refractivity contribution in [1.82, 2.24) is 4.90 Å². The number of fused-ring (bicyclic) bond motifs is 2. The van der Waals surface area contributed by atoms with E-state index in [1.54, 1.807) is 4.90 Å². The van der Waals surface area contributed by atoms with Crippen molar-refractivity contribution in [3.63, 3.8) is 0 Å². The second-order valence-electron chi connectivity index (χ2n) is 9.15. The van der Waals surface area contributed by atoms with Gasteiger partial charge in [-0.15, -0.1) is 0 Å². The number of urea groups is 1. The quantitative estimate of drug-likeness (QED) is 0.817. The average Bonchev–Trinajstić information content (AvgIpc) is 3.28. The molecular weight excluding hydrogens is 370 g/mol. The zero-order chi connectivity index (χ0) is 20.2. The van der Waals surface area contributed by atoms with Crippen LogP contribution >= 0.6 is 0 Å². The molecule has 2 saturated carbocycles. The SMILES string of the molecule is O=C(Nc1ccc2c(c1)CCC(=O)N2CC1CC1)N1C[C@@H]2CCC[C@@]2(C(=O)O)C1. The fourth-order valence-corrected chi connectivity index (χ4v) is 5.39. The highest BCUT2D eigenvalue weighted by Crippen LogP contribution is 2.49. The molecule has 1 saturated heterocycles. The van der Waals surface area contributed by atoms with Gasteiger partial charge in [0.2, 0.25) is 5.91 Å². The number of likely N-dealkylation sites (tertiary alicyclic amines) is 1. The molecule has 5 rings (SSSR count). The number of benzene rings is 1. The summed E-state index contributed by atoms with van der Waals surface area (Å²) in [5.74, 6) is 0.0880. The minimum Gasteiger partial charge on any atom is -0.481 e. The van der Waals surface area contributed by atoms with E-state index in [9.17, 15) is 19.5 Å². The second kappa shape index (κ2) is 6.75. The number of anilines is 2. The number of nitrogens with one attached hydrogen (secondary N) is 1. The van der Waals surface area contributed by atoms with Crippen molar-refractivity contribution in [2.75, 3.05) is 29.9 Å². The van der Waals surface area contributed by atoms with E-state index in [1.165, 1.54) is 12.8 Å². The molecule has 7 heteroatoms. The molecule has 2 heterocycles. The summed E-state index contributed by atoms with van der Waals surface area (Å²) < 4.78 is 0. The minimum absolute atomic E-state index is 0.0521. The highest BCUT2D eigenvalue weighted by molar-refractivity contribution is 5.97. The maximum Gasteiger partial charge on any atom is 0.321 e. The monoisotopic (exact) mass is 397 g/mol. The number of amides is 3. The summed E-state index contributed by atoms with van der Waals surface area (Å²) in [4.78, 5) is 40.5. The lowest BCUT2D eigenvalue weighted by atomic mass is 9.81. The molecule has 0 bridgehead atoms. The fourth-order valence-electron chi connectivity index (χ4n) is 5.39. The maximum atomic E-state index is 12.8. The number of carboxylic acids is 1. The molecule has 2 atom stereocenters. The number of nitrogens with zero attached hydrogens (tertiary/aromatic N) is 2. The van der Waals surface area contributed by atoms with E-state index in [0.717, 1.165) is 30.6 Å². The van der Waals surface area contributed by atoms with Gasteiger partial charge >= 0.3 is 12.0 Å². The van der Waals surface area contributed by atoms with Gasteiger partial charge in [-0.05, 0) is 67.7 Å². The van der Waals surface area contributed by atoms with E-state index in [0.29, 0.717) is 37.4 Å². The second-order valence-corrected chi connectivity index (χ2v) is 9.15. The summed E-state index contributed by atoms with van der Waals surface area (Å²) in [7, 11) is 0. The van der Waals surface area contributed by atoms with Crippen LogP contribution in [0.4, 0.5) is 16.2 Å². The van der Waals surface area contributed by atoms with Gasteiger partial charge in [-0.2, -0.15) is 0 Å². The van der Waals surface area contributed by atoms with Gasteiger partial charge in [0.1, 0.15) is 0 Å². The largest absolute Gasteiger partial charge is 0.481 e. The molecule has 29 heavy (non-hydrogen) atoms. The van der Waals surface area contributed by atoms with Crippen LogP contribution < -0.4 is 10.2 Å². The van der Waals surface area contributed by atoms with E-state index in [4.69, 9.17) is 0 Å². The molecule has 1 aromatic carbocycles. The summed E-state index contributed by atoms with van der Waals surface area (Å²) in [6.45, 7) is 1.59. The van der Waals surface area contributed by atoms with E-state index < -0.39 is 11.4 Å². The predicted octanol–water partition coefficient (Wildman–Crippen LogP) is 3.09. The van der Waals surface area contributed by atoms with E-state index in [-0.39, 0.29) is 24.4 Å². The molecule has 2 aliphatic carbocycles. The van der Waals surface area contributed by atoms with Crippen molar-refractivity contribution in [1.29, 1.82) is 0 Å². The first-order valence-electron chi connectivity index (χ1n) is 10.7. The van der Waals surface area contributed by atoms with Crippen molar-refractivity contribution in [3.8, 4) is 0 Å². The number of carboxylic acid groups (broad SMARTS) is 1. The van der Waals surface area contributed by atoms with Gasteiger partial charge in [0.05, 0.1) is 5.41 Å². The van der Waals surface area contributed by atoms with E-state index in [2.05, 4.69) is 5.32 Å². The van der Waals surface area contributed by atoms with Crippen molar-refractivity contribution in [3.05, 3.63) is 23.8 Å². The lowest BCUT2D eigenvalue weighted by Crippen LogP contribution is -2.39. The molecule has 2 N–H and O–H groups in total. The van der Waals surface area contributed by atoms with Gasteiger partial charge in [-0.1, -0.05) is 6.42 Å². The van der Waals surface area contributed by atoms with Crippen LogP contribution in [0.5, 0.6) is 0 Å². The Hall–Kier alpha value is -2.57. The topological polar surface area (TPSA) is 90.0 Å². The van der Waals surface area contributed by atoms with Crippen LogP contribution in [0.15, 0.2) is 18.2 Å². The van der Waals surface area contributed by atoms with Crippen molar-refractivity contribution in [2.24, 2.45) is 17.3 Å². The average molecular weight is 397 g/mol. The zero-order valence-electron chi connectivity index (χ0n) is 16.5. The van der Waals surface area contributed by atoms with Gasteiger partial charge < -0.3 is 20.2 Å². The van der Waals surface area contributed by atoms with Crippen LogP contribution in [0.2, 0.25) is 0 Å². The van der Waals surface area contributed by atoms with Crippen LogP contribution in [0.25, 0.3) is 0 Å². The zero-order valence-corrected chi connectivity index (χ0v) is 16.5. The Balaban J connectivity index is 1.29. The normalized spacial score (nSPS) is 28.3. The molecule has 0 unspecified atom stereocenters. The summed E-state index contributed by atoms with van der Waals surface area (Å²) >= 11 is 0. The molecule has 1 aromatic rings. The maximum absolute atomic E-state index is 12.8. The lowest BCUT2D eigenvalue weighted by molar-refractivity contribution is -0.149. The molecular formula is C22H27N3O4. The summed E-state index contributed by atoms with van der Waals surface area (Å²) in [6, 6.07) is 5.51. The summed E-state index contributed by atoms with van der Waals surface area (Å²) in [6.07, 6.45) is 6.04. The number of carbonyl (C=O) groups excluding carboxylic acids is 2. The highest BCUT2D eigenvalue weighted by atomic mass is 16.4. The Kier molecular flexibility index (Phi) is 4.29. The van der Waals surface area contributed by atoms with E-state index in [1.807, 2.05) is 23.1 Å². The Morgan fingerprint density at radius 1 is 1.21 bits per heavy atom. The number of aryl methyl sites for hydroxylation is 1. The van der Waals surface area contributed by atoms with Crippen LogP contribution in [-0.2, 0) is 16.0 Å². The molecule has 0 aromatic heterocycles. The minimum atomic E-state index is -0.774. The number of rotatable bonds is 4. The first-order valence-corrected chi connectivity index (χ1v) is 10.7. The summed E-state index contributed by atoms with van der Waals surface area (Å²) in [5, 5.41) is 12.7. The molecule has 2 aliphatic heterocycles. The molecule has 4 aliphatic rings. The molecule has 3 amide bonds. The van der Waals surface area contributed by atoms with E-state index >= 15 is 0 Å². The van der Waals surface area contributed by atoms with Crippen LogP contribution in [0, 0.1) is 17.3 Å². The van der Waals surface area contributed by atoms with Gasteiger partial charge in [0.15, 0.2) is 0 Å². The van der Waals surface area contributed by atoms with Crippen LogP contribution in [-0.4, -0.2) is 47.5 Å². The van der Waals surface area contributed by atoms with Crippen molar-refractivity contribution < 1.29 is 19.5 Å². The summed E-state index contributed by atoms with van der Waals surface area (Å²) in [5.41, 5.74) is 1.99. The van der Waals surface area contributed by atoms with Gasteiger partial charge in [-0.25, -0.2) is 4.79 Å². The van der Waals surface area contributed by atoms with Crippen molar-refractivity contribution >= 4 is 29.3 Å². The first kappa shape index (κ1) is 18.5. The van der Waals surface area contributed by atoms with Crippen LogP contribution in [0.1, 0.15) is 44.1 Å². The van der Waals surface area contributed by atoms with Gasteiger partial charge in [0.25, 0.3) is 0 Å². The fraction of sp³-hybridized carbons (Fsp3) is 0.591. The van der Waals surface area contributed by atoms with Gasteiger partial charge in [0, 0.05) is 37.4 Å². The van der Waals surface area contributed by atoms with Crippen LogP contribution in [0.3, 0.4) is 0 Å². The molecule has 0 radical (unpaired) electrons. The highest BCUT2D eigenvalue weighted by Gasteiger charge is 2.55. The lowest BCUT2D eigenvalue weighted by Gasteiger charge is -2.30. The third-order valence-corrected chi connectivity index (χ3v) is 7.25. The molecule has 154 valence electrons. The molecule has 0 spiro atoms. The number of carbonyl (C=O) groups is 3. The molecule has 7 nitrogen and oxygen atoms in total. The number of hydrogen-bond donors (Lipinski definition) is 2. The third kappa shape index (κ3) is 3.16. The first-order chi connectivity index (χ1) is 14.0. The predicted molar refractivity (Wildman–Crippen MR) is 108 cm³/mol. The third-order valence-electron chi connectivity index (χ3n) is 7.25. The smallest absolute Gasteiger partial charge is 0.321 e. The Labute approximate surface area is 170 Å². The Morgan fingerprint density at radius 2 is 2.03 bits per heavy atom. The van der Waals surface area contributed by atoms with Crippen molar-refractivity contribution in [2.45, 2.75) is 44.9 Å². The standard InChI is InChI=1S/C22H27N3O4/c26-19-8-5-15-10-17(6-7-18(15)25(19)11-14-3-4-14)23-21(29)24-12-16-2-1-9-22(16,13-24)20(27)28/h6-7,10,14,16H,1-5,8-9,11-13H2,(H,23,29)(H,27,28)/t16-,22+/m0/s1. The van der Waals surface area contributed by atoms with Gasteiger partial charge in [-0.3, -0.25) is 9.59 Å². The Bertz CT molecular complexity index is 881. The number of aliphatic carboxylic acids is 1. The Morgan fingerprint density at radius 3 is 2.76 bits per heavy atom.